The van der Waals surface area contributed by atoms with Gasteiger partial charge in [-0.3, -0.25) is 9.59 Å². The molecule has 1 aliphatic carbocycles. The van der Waals surface area contributed by atoms with E-state index in [4.69, 9.17) is 0 Å². The third-order valence-corrected chi connectivity index (χ3v) is 6.29. The van der Waals surface area contributed by atoms with Gasteiger partial charge in [-0.2, -0.15) is 0 Å². The van der Waals surface area contributed by atoms with Crippen molar-refractivity contribution >= 4 is 28.9 Å². The summed E-state index contributed by atoms with van der Waals surface area (Å²) in [6.07, 6.45) is 3.61. The van der Waals surface area contributed by atoms with Crippen LogP contribution in [0.15, 0.2) is 48.5 Å². The number of benzene rings is 2. The van der Waals surface area contributed by atoms with Gasteiger partial charge >= 0.3 is 0 Å². The topological polar surface area (TPSA) is 61.4 Å². The van der Waals surface area contributed by atoms with Crippen molar-refractivity contribution in [1.82, 2.24) is 0 Å². The lowest BCUT2D eigenvalue weighted by molar-refractivity contribution is -0.131. The Bertz CT molecular complexity index is 895. The largest absolute Gasteiger partial charge is 0.372 e. The van der Waals surface area contributed by atoms with E-state index in [1.54, 1.807) is 0 Å². The molecule has 0 atom stereocenters. The lowest BCUT2D eigenvalue weighted by atomic mass is 9.99. The van der Waals surface area contributed by atoms with E-state index in [1.807, 2.05) is 43.3 Å². The summed E-state index contributed by atoms with van der Waals surface area (Å²) < 4.78 is 0. The van der Waals surface area contributed by atoms with Crippen LogP contribution in [-0.4, -0.2) is 24.9 Å². The van der Waals surface area contributed by atoms with Gasteiger partial charge in [0.15, 0.2) is 0 Å². The van der Waals surface area contributed by atoms with E-state index in [0.29, 0.717) is 12.8 Å². The summed E-state index contributed by atoms with van der Waals surface area (Å²) in [5, 5.41) is 5.87. The number of rotatable bonds is 5. The van der Waals surface area contributed by atoms with Crippen LogP contribution in [0.5, 0.6) is 0 Å². The maximum Gasteiger partial charge on any atom is 0.240 e. The van der Waals surface area contributed by atoms with Gasteiger partial charge < -0.3 is 15.5 Å². The fraction of sp³-hybridized carbons (Fsp3) is 0.417. The summed E-state index contributed by atoms with van der Waals surface area (Å²) in [6.45, 7) is 6.41. The fourth-order valence-electron chi connectivity index (χ4n) is 3.91. The molecule has 5 heteroatoms. The Kier molecular flexibility index (Phi) is 5.31. The second kappa shape index (κ2) is 7.90. The Balaban J connectivity index is 1.38. The molecule has 1 heterocycles. The first-order valence-corrected chi connectivity index (χ1v) is 10.5. The van der Waals surface area contributed by atoms with Gasteiger partial charge in [-0.1, -0.05) is 25.1 Å². The molecule has 2 aliphatic rings. The highest BCUT2D eigenvalue weighted by molar-refractivity contribution is 6.17. The maximum atomic E-state index is 12.9. The first kappa shape index (κ1) is 19.5. The van der Waals surface area contributed by atoms with Crippen LogP contribution < -0.4 is 15.5 Å². The number of aryl methyl sites for hydroxylation is 1. The number of nitrogens with one attached hydrogen (secondary N) is 2. The van der Waals surface area contributed by atoms with E-state index in [1.165, 1.54) is 18.5 Å². The van der Waals surface area contributed by atoms with Crippen molar-refractivity contribution in [2.24, 2.45) is 11.3 Å². The zero-order valence-corrected chi connectivity index (χ0v) is 17.2. The summed E-state index contributed by atoms with van der Waals surface area (Å²) in [5.74, 6) is 0.358. The molecular formula is C24H29N3O2. The zero-order chi connectivity index (χ0) is 20.4. The normalized spacial score (nSPS) is 18.2. The molecule has 29 heavy (non-hydrogen) atoms. The first-order chi connectivity index (χ1) is 14.0. The zero-order valence-electron chi connectivity index (χ0n) is 17.2. The average Bonchev–Trinajstić information content (AvgIpc) is 3.53. The minimum atomic E-state index is -0.954. The number of para-hydroxylation sites is 1. The Morgan fingerprint density at radius 2 is 1.55 bits per heavy atom. The summed E-state index contributed by atoms with van der Waals surface area (Å²) in [7, 11) is 0. The molecule has 1 saturated heterocycles. The smallest absolute Gasteiger partial charge is 0.240 e. The molecule has 2 aromatic rings. The lowest BCUT2D eigenvalue weighted by Gasteiger charge is -2.32. The van der Waals surface area contributed by atoms with Crippen LogP contribution in [0.1, 0.15) is 38.2 Å². The SMILES string of the molecule is Cc1ccccc1NC(=O)C1(C(=O)Nc2ccc(N3CCC(C)CC3)cc2)CC1. The van der Waals surface area contributed by atoms with Crippen LogP contribution in [0.2, 0.25) is 0 Å². The number of hydrogen-bond acceptors (Lipinski definition) is 3. The third kappa shape index (κ3) is 4.14. The molecule has 4 rings (SSSR count). The van der Waals surface area contributed by atoms with Gasteiger partial charge in [0.1, 0.15) is 5.41 Å². The third-order valence-electron chi connectivity index (χ3n) is 6.29. The molecule has 2 amide bonds. The number of carbonyl (C=O) groups is 2. The molecule has 1 saturated carbocycles. The molecule has 0 spiro atoms. The highest BCUT2D eigenvalue weighted by Gasteiger charge is 2.56. The number of amides is 2. The molecule has 2 fully saturated rings. The predicted octanol–water partition coefficient (Wildman–Crippen LogP) is 4.59. The van der Waals surface area contributed by atoms with Gasteiger partial charge in [-0.05, 0) is 74.4 Å². The Morgan fingerprint density at radius 1 is 0.931 bits per heavy atom. The minimum Gasteiger partial charge on any atom is -0.372 e. The van der Waals surface area contributed by atoms with E-state index < -0.39 is 5.41 Å². The maximum absolute atomic E-state index is 12.9. The van der Waals surface area contributed by atoms with Crippen molar-refractivity contribution in [3.8, 4) is 0 Å². The summed E-state index contributed by atoms with van der Waals surface area (Å²) in [5.41, 5.74) is 2.72. The number of carbonyl (C=O) groups excluding carboxylic acids is 2. The van der Waals surface area contributed by atoms with E-state index >= 15 is 0 Å². The molecule has 0 bridgehead atoms. The monoisotopic (exact) mass is 391 g/mol. The molecule has 152 valence electrons. The van der Waals surface area contributed by atoms with Crippen molar-refractivity contribution in [1.29, 1.82) is 0 Å². The van der Waals surface area contributed by atoms with Crippen LogP contribution in [0.3, 0.4) is 0 Å². The fourth-order valence-corrected chi connectivity index (χ4v) is 3.91. The number of anilines is 3. The highest BCUT2D eigenvalue weighted by Crippen LogP contribution is 2.47. The Hall–Kier alpha value is -2.82. The van der Waals surface area contributed by atoms with Gasteiger partial charge in [0.25, 0.3) is 0 Å². The van der Waals surface area contributed by atoms with Crippen LogP contribution in [-0.2, 0) is 9.59 Å². The van der Waals surface area contributed by atoms with Crippen molar-refractivity contribution in [2.45, 2.75) is 39.5 Å². The second-order valence-electron chi connectivity index (χ2n) is 8.52. The van der Waals surface area contributed by atoms with Gasteiger partial charge in [-0.15, -0.1) is 0 Å². The van der Waals surface area contributed by atoms with E-state index in [2.05, 4.69) is 34.6 Å². The van der Waals surface area contributed by atoms with Crippen molar-refractivity contribution < 1.29 is 9.59 Å². The highest BCUT2D eigenvalue weighted by atomic mass is 16.2. The first-order valence-electron chi connectivity index (χ1n) is 10.5. The molecule has 2 N–H and O–H groups in total. The quantitative estimate of drug-likeness (QED) is 0.733. The Morgan fingerprint density at radius 3 is 2.17 bits per heavy atom. The molecular weight excluding hydrogens is 362 g/mol. The van der Waals surface area contributed by atoms with Crippen LogP contribution in [0, 0.1) is 18.3 Å². The second-order valence-corrected chi connectivity index (χ2v) is 8.52. The van der Waals surface area contributed by atoms with Gasteiger partial charge in [0.2, 0.25) is 11.8 Å². The Labute approximate surface area is 172 Å². The summed E-state index contributed by atoms with van der Waals surface area (Å²) in [6, 6.07) is 15.6. The van der Waals surface area contributed by atoms with E-state index in [9.17, 15) is 9.59 Å². The van der Waals surface area contributed by atoms with E-state index in [0.717, 1.165) is 35.9 Å². The van der Waals surface area contributed by atoms with Crippen molar-refractivity contribution in [2.75, 3.05) is 28.6 Å². The van der Waals surface area contributed by atoms with E-state index in [-0.39, 0.29) is 11.8 Å². The molecule has 0 radical (unpaired) electrons. The summed E-state index contributed by atoms with van der Waals surface area (Å²) >= 11 is 0. The number of piperidine rings is 1. The molecule has 2 aromatic carbocycles. The molecule has 5 nitrogen and oxygen atoms in total. The molecule has 0 aromatic heterocycles. The molecule has 0 unspecified atom stereocenters. The van der Waals surface area contributed by atoms with Gasteiger partial charge in [-0.25, -0.2) is 0 Å². The van der Waals surface area contributed by atoms with Crippen LogP contribution in [0.4, 0.5) is 17.1 Å². The minimum absolute atomic E-state index is 0.219. The molecule has 1 aliphatic heterocycles. The van der Waals surface area contributed by atoms with Crippen LogP contribution in [0.25, 0.3) is 0 Å². The lowest BCUT2D eigenvalue weighted by Crippen LogP contribution is -2.35. The number of hydrogen-bond donors (Lipinski definition) is 2. The van der Waals surface area contributed by atoms with Crippen LogP contribution >= 0.6 is 0 Å². The predicted molar refractivity (Wildman–Crippen MR) is 117 cm³/mol. The van der Waals surface area contributed by atoms with Crippen molar-refractivity contribution in [3.63, 3.8) is 0 Å². The van der Waals surface area contributed by atoms with Gasteiger partial charge in [0, 0.05) is 30.2 Å². The number of nitrogens with zero attached hydrogens (tertiary/aromatic N) is 1. The average molecular weight is 392 g/mol. The van der Waals surface area contributed by atoms with Crippen molar-refractivity contribution in [3.05, 3.63) is 54.1 Å². The summed E-state index contributed by atoms with van der Waals surface area (Å²) in [4.78, 5) is 28.0. The van der Waals surface area contributed by atoms with Gasteiger partial charge in [0.05, 0.1) is 0 Å². The standard InChI is InChI=1S/C24H29N3O2/c1-17-11-15-27(16-12-17)20-9-7-19(8-10-20)25-22(28)24(13-14-24)23(29)26-21-6-4-3-5-18(21)2/h3-10,17H,11-16H2,1-2H3,(H,25,28)(H,26,29).